The minimum Gasteiger partial charge on any atom is -0.445 e. The molecule has 1 saturated heterocycles. The lowest BCUT2D eigenvalue weighted by Gasteiger charge is -2.31. The Balaban J connectivity index is 1.17. The fourth-order valence-electron chi connectivity index (χ4n) is 5.88. The SMILES string of the molecule is Nc1ncnn2c([C@@H]3CCCN(C(=O)OCc4ccccc4)C3)cc(-c3ccc4cn(Cc5ccccc5)nc4c3)c12. The summed E-state index contributed by atoms with van der Waals surface area (Å²) in [5.74, 6) is 0.489. The largest absolute Gasteiger partial charge is 0.445 e. The van der Waals surface area contributed by atoms with Crippen LogP contribution in [0.5, 0.6) is 0 Å². The van der Waals surface area contributed by atoms with E-state index in [4.69, 9.17) is 15.6 Å². The van der Waals surface area contributed by atoms with E-state index >= 15 is 0 Å². The molecule has 0 bridgehead atoms. The highest BCUT2D eigenvalue weighted by Crippen LogP contribution is 2.37. The zero-order valence-corrected chi connectivity index (χ0v) is 23.1. The van der Waals surface area contributed by atoms with E-state index in [9.17, 15) is 4.79 Å². The van der Waals surface area contributed by atoms with Gasteiger partial charge in [-0.1, -0.05) is 72.8 Å². The van der Waals surface area contributed by atoms with Crippen LogP contribution in [-0.4, -0.2) is 48.5 Å². The standard InChI is InChI=1S/C33H31N7O2/c34-32-31-28(25-13-14-26-20-39(37-29(26)16-25)18-23-8-3-1-4-9-23)17-30(40(31)36-22-35-32)27-12-7-15-38(19-27)33(41)42-21-24-10-5-2-6-11-24/h1-6,8-11,13-14,16-17,20,22,27H,7,12,15,18-19,21H2,(H2,34,35,36)/t27-/m1/s1. The van der Waals surface area contributed by atoms with Crippen molar-refractivity contribution in [2.24, 2.45) is 0 Å². The van der Waals surface area contributed by atoms with Crippen LogP contribution in [0.4, 0.5) is 10.6 Å². The molecule has 210 valence electrons. The van der Waals surface area contributed by atoms with Crippen LogP contribution >= 0.6 is 0 Å². The van der Waals surface area contributed by atoms with Crippen LogP contribution in [0.15, 0.2) is 97.5 Å². The second kappa shape index (κ2) is 11.0. The second-order valence-corrected chi connectivity index (χ2v) is 10.8. The number of amides is 1. The van der Waals surface area contributed by atoms with Crippen LogP contribution < -0.4 is 5.73 Å². The fourth-order valence-corrected chi connectivity index (χ4v) is 5.88. The van der Waals surface area contributed by atoms with Gasteiger partial charge in [-0.2, -0.15) is 10.2 Å². The van der Waals surface area contributed by atoms with E-state index in [0.717, 1.165) is 51.6 Å². The third-order valence-electron chi connectivity index (χ3n) is 7.97. The van der Waals surface area contributed by atoms with Crippen molar-refractivity contribution in [1.82, 2.24) is 29.3 Å². The van der Waals surface area contributed by atoms with Crippen molar-refractivity contribution in [1.29, 1.82) is 0 Å². The zero-order chi connectivity index (χ0) is 28.5. The lowest BCUT2D eigenvalue weighted by Crippen LogP contribution is -2.39. The van der Waals surface area contributed by atoms with Gasteiger partial charge >= 0.3 is 6.09 Å². The fraction of sp³-hybridized carbons (Fsp3) is 0.212. The van der Waals surface area contributed by atoms with Gasteiger partial charge in [0, 0.05) is 41.8 Å². The number of carbonyl (C=O) groups excluding carboxylic acids is 1. The Hall–Kier alpha value is -5.18. The van der Waals surface area contributed by atoms with Crippen molar-refractivity contribution in [3.05, 3.63) is 114 Å². The first-order valence-electron chi connectivity index (χ1n) is 14.2. The van der Waals surface area contributed by atoms with Crippen molar-refractivity contribution in [3.63, 3.8) is 0 Å². The highest BCUT2D eigenvalue weighted by Gasteiger charge is 2.29. The van der Waals surface area contributed by atoms with E-state index in [1.807, 2.05) is 57.7 Å². The molecule has 2 N–H and O–H groups in total. The van der Waals surface area contributed by atoms with Crippen LogP contribution in [0.2, 0.25) is 0 Å². The van der Waals surface area contributed by atoms with Crippen molar-refractivity contribution in [2.75, 3.05) is 18.8 Å². The summed E-state index contributed by atoms with van der Waals surface area (Å²) in [6.45, 7) is 2.18. The van der Waals surface area contributed by atoms with Crippen LogP contribution in [0, 0.1) is 0 Å². The number of nitrogens with zero attached hydrogens (tertiary/aromatic N) is 6. The van der Waals surface area contributed by atoms with Gasteiger partial charge in [-0.15, -0.1) is 0 Å². The molecule has 0 radical (unpaired) electrons. The maximum absolute atomic E-state index is 13.0. The van der Waals surface area contributed by atoms with Crippen LogP contribution in [-0.2, 0) is 17.9 Å². The van der Waals surface area contributed by atoms with Crippen molar-refractivity contribution < 1.29 is 9.53 Å². The molecule has 0 unspecified atom stereocenters. The normalized spacial score (nSPS) is 15.3. The van der Waals surface area contributed by atoms with Gasteiger partial charge in [0.2, 0.25) is 0 Å². The van der Waals surface area contributed by atoms with Gasteiger partial charge in [-0.25, -0.2) is 14.3 Å². The Labute approximate surface area is 243 Å². The average Bonchev–Trinajstić information content (AvgIpc) is 3.62. The molecule has 1 atom stereocenters. The molecule has 7 rings (SSSR count). The number of hydrogen-bond donors (Lipinski definition) is 1. The maximum Gasteiger partial charge on any atom is 0.410 e. The third-order valence-corrected chi connectivity index (χ3v) is 7.97. The molecule has 9 heteroatoms. The van der Waals surface area contributed by atoms with E-state index < -0.39 is 0 Å². The number of fused-ring (bicyclic) bond motifs is 2. The van der Waals surface area contributed by atoms with Gasteiger partial charge in [-0.05, 0) is 41.7 Å². The van der Waals surface area contributed by atoms with Gasteiger partial charge in [0.1, 0.15) is 18.5 Å². The molecule has 9 nitrogen and oxygen atoms in total. The zero-order valence-electron chi connectivity index (χ0n) is 23.1. The lowest BCUT2D eigenvalue weighted by molar-refractivity contribution is 0.0855. The van der Waals surface area contributed by atoms with Crippen molar-refractivity contribution in [2.45, 2.75) is 31.9 Å². The number of rotatable bonds is 6. The summed E-state index contributed by atoms with van der Waals surface area (Å²) in [5, 5.41) is 10.5. The molecule has 6 aromatic rings. The summed E-state index contributed by atoms with van der Waals surface area (Å²) >= 11 is 0. The van der Waals surface area contributed by atoms with Gasteiger partial charge in [-0.3, -0.25) is 4.68 Å². The monoisotopic (exact) mass is 557 g/mol. The smallest absolute Gasteiger partial charge is 0.410 e. The minimum atomic E-state index is -0.296. The lowest BCUT2D eigenvalue weighted by atomic mass is 9.94. The quantitative estimate of drug-likeness (QED) is 0.274. The summed E-state index contributed by atoms with van der Waals surface area (Å²) in [4.78, 5) is 19.1. The van der Waals surface area contributed by atoms with Gasteiger partial charge in [0.15, 0.2) is 5.82 Å². The molecule has 1 amide bonds. The van der Waals surface area contributed by atoms with E-state index in [-0.39, 0.29) is 18.6 Å². The first kappa shape index (κ1) is 25.8. The Kier molecular flexibility index (Phi) is 6.75. The summed E-state index contributed by atoms with van der Waals surface area (Å²) in [6.07, 6.45) is 5.06. The number of nitrogen functional groups attached to an aromatic ring is 1. The number of carbonyl (C=O) groups is 1. The first-order valence-corrected chi connectivity index (χ1v) is 14.2. The Bertz CT molecular complexity index is 1860. The molecule has 0 aliphatic carbocycles. The first-order chi connectivity index (χ1) is 20.6. The Morgan fingerprint density at radius 3 is 2.57 bits per heavy atom. The maximum atomic E-state index is 13.0. The summed E-state index contributed by atoms with van der Waals surface area (Å²) in [6, 6.07) is 28.5. The average molecular weight is 558 g/mol. The number of aromatic nitrogens is 5. The molecular weight excluding hydrogens is 526 g/mol. The summed E-state index contributed by atoms with van der Waals surface area (Å²) in [5.41, 5.74) is 13.2. The number of piperidine rings is 1. The van der Waals surface area contributed by atoms with E-state index in [1.165, 1.54) is 11.9 Å². The molecule has 42 heavy (non-hydrogen) atoms. The van der Waals surface area contributed by atoms with E-state index in [1.54, 1.807) is 4.90 Å². The van der Waals surface area contributed by atoms with Crippen molar-refractivity contribution in [3.8, 4) is 11.1 Å². The Morgan fingerprint density at radius 1 is 0.976 bits per heavy atom. The molecule has 0 spiro atoms. The minimum absolute atomic E-state index is 0.0763. The Morgan fingerprint density at radius 2 is 1.76 bits per heavy atom. The molecule has 1 fully saturated rings. The number of ether oxygens (including phenoxy) is 1. The van der Waals surface area contributed by atoms with Gasteiger partial charge in [0.25, 0.3) is 0 Å². The van der Waals surface area contributed by atoms with Gasteiger partial charge < -0.3 is 15.4 Å². The molecule has 1 aliphatic heterocycles. The highest BCUT2D eigenvalue weighted by atomic mass is 16.6. The highest BCUT2D eigenvalue weighted by molar-refractivity contribution is 5.92. The van der Waals surface area contributed by atoms with Crippen LogP contribution in [0.3, 0.4) is 0 Å². The molecule has 0 saturated carbocycles. The predicted octanol–water partition coefficient (Wildman–Crippen LogP) is 5.89. The number of benzene rings is 3. The summed E-state index contributed by atoms with van der Waals surface area (Å²) < 4.78 is 9.50. The predicted molar refractivity (Wildman–Crippen MR) is 162 cm³/mol. The topological polar surface area (TPSA) is 104 Å². The molecule has 3 aromatic carbocycles. The number of anilines is 1. The van der Waals surface area contributed by atoms with Crippen LogP contribution in [0.25, 0.3) is 27.5 Å². The van der Waals surface area contributed by atoms with Crippen LogP contribution in [0.1, 0.15) is 35.6 Å². The molecule has 3 aromatic heterocycles. The molecule has 4 heterocycles. The number of likely N-dealkylation sites (tertiary alicyclic amines) is 1. The van der Waals surface area contributed by atoms with E-state index in [2.05, 4.69) is 52.7 Å². The summed E-state index contributed by atoms with van der Waals surface area (Å²) in [7, 11) is 0. The van der Waals surface area contributed by atoms with E-state index in [0.29, 0.717) is 25.5 Å². The number of hydrogen-bond acceptors (Lipinski definition) is 6. The number of nitrogens with two attached hydrogens (primary N) is 1. The van der Waals surface area contributed by atoms with Gasteiger partial charge in [0.05, 0.1) is 12.1 Å². The second-order valence-electron chi connectivity index (χ2n) is 10.8. The van der Waals surface area contributed by atoms with Crippen molar-refractivity contribution >= 4 is 28.3 Å². The third kappa shape index (κ3) is 5.05. The molecule has 1 aliphatic rings. The molecular formula is C33H31N7O2.